The molecule has 0 atom stereocenters. The van der Waals surface area contributed by atoms with Crippen LogP contribution in [0, 0.1) is 0 Å². The molecule has 6 heteroatoms. The number of carboxylic acids is 1. The smallest absolute Gasteiger partial charge is 0.303 e. The summed E-state index contributed by atoms with van der Waals surface area (Å²) in [4.78, 5) is 15.2. The fourth-order valence-electron chi connectivity index (χ4n) is 2.76. The van der Waals surface area contributed by atoms with Crippen LogP contribution in [-0.2, 0) is 22.4 Å². The van der Waals surface area contributed by atoms with E-state index >= 15 is 0 Å². The van der Waals surface area contributed by atoms with Gasteiger partial charge in [0.1, 0.15) is 0 Å². The van der Waals surface area contributed by atoms with Crippen LogP contribution in [0.5, 0.6) is 0 Å². The number of pyridine rings is 1. The summed E-state index contributed by atoms with van der Waals surface area (Å²) >= 11 is 0. The third-order valence-electron chi connectivity index (χ3n) is 4.12. The number of carboxylic acid groups (broad SMARTS) is 1. The minimum atomic E-state index is -0.786. The molecule has 6 nitrogen and oxygen atoms in total. The van der Waals surface area contributed by atoms with Crippen LogP contribution < -0.4 is 0 Å². The maximum atomic E-state index is 10.7. The molecule has 0 amide bonds. The van der Waals surface area contributed by atoms with Gasteiger partial charge in [-0.1, -0.05) is 12.1 Å². The lowest BCUT2D eigenvalue weighted by Crippen LogP contribution is -2.06. The molecule has 1 N–H and O–H groups in total. The number of aliphatic carboxylic acids is 1. The molecule has 0 aliphatic heterocycles. The number of benzene rings is 1. The van der Waals surface area contributed by atoms with Gasteiger partial charge in [0.2, 0.25) is 0 Å². The Hall–Kier alpha value is -2.73. The lowest BCUT2D eigenvalue weighted by Gasteiger charge is -2.07. The summed E-state index contributed by atoms with van der Waals surface area (Å²) in [5.41, 5.74) is 3.83. The van der Waals surface area contributed by atoms with Crippen molar-refractivity contribution >= 4 is 17.0 Å². The Bertz CT molecular complexity index is 885. The molecule has 3 aromatic rings. The Morgan fingerprint density at radius 3 is 2.62 bits per heavy atom. The van der Waals surface area contributed by atoms with Gasteiger partial charge < -0.3 is 9.84 Å². The van der Waals surface area contributed by atoms with Crippen molar-refractivity contribution in [2.24, 2.45) is 0 Å². The second-order valence-corrected chi connectivity index (χ2v) is 6.54. The van der Waals surface area contributed by atoms with Crippen molar-refractivity contribution in [3.05, 3.63) is 53.9 Å². The van der Waals surface area contributed by atoms with Crippen LogP contribution in [0.25, 0.3) is 16.7 Å². The average molecular weight is 353 g/mol. The van der Waals surface area contributed by atoms with E-state index in [9.17, 15) is 4.79 Å². The van der Waals surface area contributed by atoms with Crippen LogP contribution >= 0.6 is 0 Å². The molecule has 0 fully saturated rings. The quantitative estimate of drug-likeness (QED) is 0.671. The zero-order valence-electron chi connectivity index (χ0n) is 15.1. The predicted octanol–water partition coefficient (Wildman–Crippen LogP) is 3.41. The van der Waals surface area contributed by atoms with Crippen molar-refractivity contribution in [1.82, 2.24) is 14.8 Å². The first-order valence-corrected chi connectivity index (χ1v) is 8.78. The molecule has 0 saturated carbocycles. The fourth-order valence-corrected chi connectivity index (χ4v) is 2.76. The Morgan fingerprint density at radius 2 is 1.92 bits per heavy atom. The van der Waals surface area contributed by atoms with Crippen LogP contribution in [0.3, 0.4) is 0 Å². The molecule has 0 spiro atoms. The number of nitrogens with zero attached hydrogens (tertiary/aromatic N) is 3. The first-order chi connectivity index (χ1) is 12.5. The summed E-state index contributed by atoms with van der Waals surface area (Å²) in [7, 11) is 0. The van der Waals surface area contributed by atoms with E-state index in [0.717, 1.165) is 34.3 Å². The molecule has 0 bridgehead atoms. The van der Waals surface area contributed by atoms with E-state index in [0.29, 0.717) is 13.0 Å². The molecule has 1 aromatic carbocycles. The van der Waals surface area contributed by atoms with Gasteiger partial charge in [0.25, 0.3) is 0 Å². The second-order valence-electron chi connectivity index (χ2n) is 6.54. The monoisotopic (exact) mass is 353 g/mol. The molecule has 2 aromatic heterocycles. The van der Waals surface area contributed by atoms with Crippen molar-refractivity contribution in [2.75, 3.05) is 6.61 Å². The van der Waals surface area contributed by atoms with Crippen molar-refractivity contribution in [3.63, 3.8) is 0 Å². The zero-order chi connectivity index (χ0) is 18.5. The molecule has 0 saturated heterocycles. The van der Waals surface area contributed by atoms with Crippen molar-refractivity contribution in [3.8, 4) is 5.69 Å². The largest absolute Gasteiger partial charge is 0.481 e. The average Bonchev–Trinajstić information content (AvgIpc) is 3.03. The highest BCUT2D eigenvalue weighted by Crippen LogP contribution is 2.18. The van der Waals surface area contributed by atoms with Gasteiger partial charge in [0, 0.05) is 18.0 Å². The van der Waals surface area contributed by atoms with Gasteiger partial charge in [-0.3, -0.25) is 4.79 Å². The number of aromatic nitrogens is 3. The molecule has 136 valence electrons. The van der Waals surface area contributed by atoms with Crippen LogP contribution in [-0.4, -0.2) is 38.6 Å². The fraction of sp³-hybridized carbons (Fsp3) is 0.350. The summed E-state index contributed by atoms with van der Waals surface area (Å²) in [5, 5.41) is 14.2. The van der Waals surface area contributed by atoms with Crippen LogP contribution in [0.15, 0.2) is 42.7 Å². The van der Waals surface area contributed by atoms with Crippen molar-refractivity contribution in [1.29, 1.82) is 0 Å². The topological polar surface area (TPSA) is 77.2 Å². The number of carbonyl (C=O) groups is 1. The highest BCUT2D eigenvalue weighted by atomic mass is 16.5. The minimum absolute atomic E-state index is 0.134. The molecule has 3 rings (SSSR count). The van der Waals surface area contributed by atoms with E-state index < -0.39 is 5.97 Å². The maximum absolute atomic E-state index is 10.7. The third-order valence-corrected chi connectivity index (χ3v) is 4.12. The van der Waals surface area contributed by atoms with Crippen molar-refractivity contribution in [2.45, 2.75) is 39.2 Å². The number of hydrogen-bond donors (Lipinski definition) is 1. The van der Waals surface area contributed by atoms with Gasteiger partial charge in [-0.15, -0.1) is 0 Å². The maximum Gasteiger partial charge on any atom is 0.303 e. The summed E-state index contributed by atoms with van der Waals surface area (Å²) < 4.78 is 7.39. The van der Waals surface area contributed by atoms with E-state index in [1.807, 2.05) is 50.5 Å². The molecule has 0 unspecified atom stereocenters. The number of ether oxygens (including phenoxy) is 1. The van der Waals surface area contributed by atoms with E-state index in [4.69, 9.17) is 9.84 Å². The van der Waals surface area contributed by atoms with Gasteiger partial charge in [-0.2, -0.15) is 5.10 Å². The molecule has 0 aliphatic carbocycles. The van der Waals surface area contributed by atoms with E-state index in [1.165, 1.54) is 0 Å². The van der Waals surface area contributed by atoms with E-state index in [-0.39, 0.29) is 12.5 Å². The SMILES string of the molecule is CC(C)OCCc1cnc2c(cnn2-c2ccc(CCC(=O)O)cc2)c1. The van der Waals surface area contributed by atoms with E-state index in [2.05, 4.69) is 16.1 Å². The van der Waals surface area contributed by atoms with Gasteiger partial charge in [0.15, 0.2) is 5.65 Å². The standard InChI is InChI=1S/C20H23N3O3/c1-14(2)26-10-9-16-11-17-13-22-23(20(17)21-12-16)18-6-3-15(4-7-18)5-8-19(24)25/h3-4,6-7,11-14H,5,8-10H2,1-2H3,(H,24,25). The first-order valence-electron chi connectivity index (χ1n) is 8.78. The van der Waals surface area contributed by atoms with E-state index in [1.54, 1.807) is 4.68 Å². The Morgan fingerprint density at radius 1 is 1.15 bits per heavy atom. The normalized spacial score (nSPS) is 11.3. The summed E-state index contributed by atoms with van der Waals surface area (Å²) in [6.45, 7) is 4.73. The highest BCUT2D eigenvalue weighted by Gasteiger charge is 2.08. The number of aryl methyl sites for hydroxylation is 1. The zero-order valence-corrected chi connectivity index (χ0v) is 15.1. The molecule has 26 heavy (non-hydrogen) atoms. The molecule has 0 aliphatic rings. The molecular weight excluding hydrogens is 330 g/mol. The van der Waals surface area contributed by atoms with Crippen LogP contribution in [0.4, 0.5) is 0 Å². The molecule has 2 heterocycles. The van der Waals surface area contributed by atoms with Crippen LogP contribution in [0.1, 0.15) is 31.4 Å². The third kappa shape index (κ3) is 4.46. The summed E-state index contributed by atoms with van der Waals surface area (Å²) in [6, 6.07) is 9.84. The number of fused-ring (bicyclic) bond motifs is 1. The van der Waals surface area contributed by atoms with Gasteiger partial charge in [-0.25, -0.2) is 9.67 Å². The number of rotatable bonds is 8. The van der Waals surface area contributed by atoms with Gasteiger partial charge >= 0.3 is 5.97 Å². The minimum Gasteiger partial charge on any atom is -0.481 e. The van der Waals surface area contributed by atoms with Crippen molar-refractivity contribution < 1.29 is 14.6 Å². The van der Waals surface area contributed by atoms with Gasteiger partial charge in [0.05, 0.1) is 24.6 Å². The first kappa shape index (κ1) is 18.1. The molecular formula is C20H23N3O3. The predicted molar refractivity (Wildman–Crippen MR) is 99.6 cm³/mol. The lowest BCUT2D eigenvalue weighted by atomic mass is 10.1. The van der Waals surface area contributed by atoms with Gasteiger partial charge in [-0.05, 0) is 56.0 Å². The Kier molecular flexibility index (Phi) is 5.63. The Labute approximate surface area is 152 Å². The number of hydrogen-bond acceptors (Lipinski definition) is 4. The Balaban J connectivity index is 1.75. The lowest BCUT2D eigenvalue weighted by molar-refractivity contribution is -0.136. The summed E-state index contributed by atoms with van der Waals surface area (Å²) in [6.07, 6.45) is 5.39. The highest BCUT2D eigenvalue weighted by molar-refractivity contribution is 5.76. The summed E-state index contributed by atoms with van der Waals surface area (Å²) in [5.74, 6) is -0.786. The molecule has 0 radical (unpaired) electrons. The van der Waals surface area contributed by atoms with Crippen LogP contribution in [0.2, 0.25) is 0 Å². The second kappa shape index (κ2) is 8.10.